The summed E-state index contributed by atoms with van der Waals surface area (Å²) in [6.45, 7) is 2.00. The number of nitrogens with zero attached hydrogens (tertiary/aromatic N) is 4. The topological polar surface area (TPSA) is 69.6 Å². The summed E-state index contributed by atoms with van der Waals surface area (Å²) in [6, 6.07) is 1.75. The highest BCUT2D eigenvalue weighted by Gasteiger charge is 2.27. The molecule has 0 aliphatic heterocycles. The van der Waals surface area contributed by atoms with Gasteiger partial charge in [0.15, 0.2) is 5.82 Å². The number of hydrogen-bond donors (Lipinski definition) is 1. The molecule has 2 N–H and O–H groups in total. The maximum atomic E-state index is 5.78. The zero-order chi connectivity index (χ0) is 11.1. The molecule has 0 spiro atoms. The van der Waals surface area contributed by atoms with Gasteiger partial charge in [0.25, 0.3) is 0 Å². The zero-order valence-electron chi connectivity index (χ0n) is 9.09. The van der Waals surface area contributed by atoms with Gasteiger partial charge >= 0.3 is 0 Å². The predicted octanol–water partition coefficient (Wildman–Crippen LogP) is 1.43. The van der Waals surface area contributed by atoms with Gasteiger partial charge in [-0.05, 0) is 25.3 Å². The van der Waals surface area contributed by atoms with Crippen LogP contribution in [0.4, 0.5) is 5.82 Å². The normalized spacial score (nSPS) is 15.3. The van der Waals surface area contributed by atoms with Crippen molar-refractivity contribution in [2.24, 2.45) is 0 Å². The van der Waals surface area contributed by atoms with Gasteiger partial charge in [-0.15, -0.1) is 0 Å². The van der Waals surface area contributed by atoms with Crippen molar-refractivity contribution in [3.63, 3.8) is 0 Å². The standard InChI is InChI=1S/C11H13N5/c1-7-5-13-16(6-7)10-4-9(12)14-11(15-10)8-2-3-8/h4-6,8H,2-3H2,1H3,(H2,12,14,15). The molecule has 1 aliphatic carbocycles. The second-order valence-electron chi connectivity index (χ2n) is 4.25. The molecule has 0 radical (unpaired) electrons. The second-order valence-corrected chi connectivity index (χ2v) is 4.25. The van der Waals surface area contributed by atoms with E-state index in [1.54, 1.807) is 16.9 Å². The van der Waals surface area contributed by atoms with Crippen LogP contribution in [0.25, 0.3) is 5.82 Å². The summed E-state index contributed by atoms with van der Waals surface area (Å²) in [5, 5.41) is 4.22. The number of aromatic nitrogens is 4. The predicted molar refractivity (Wildman–Crippen MR) is 60.3 cm³/mol. The van der Waals surface area contributed by atoms with Crippen LogP contribution in [0.1, 0.15) is 30.1 Å². The summed E-state index contributed by atoms with van der Waals surface area (Å²) in [7, 11) is 0. The first kappa shape index (κ1) is 9.33. The highest BCUT2D eigenvalue weighted by molar-refractivity contribution is 5.38. The van der Waals surface area contributed by atoms with Gasteiger partial charge in [-0.1, -0.05) is 0 Å². The van der Waals surface area contributed by atoms with E-state index in [4.69, 9.17) is 5.73 Å². The Morgan fingerprint density at radius 3 is 2.81 bits per heavy atom. The van der Waals surface area contributed by atoms with Gasteiger partial charge in [-0.2, -0.15) is 5.10 Å². The fourth-order valence-corrected chi connectivity index (χ4v) is 1.65. The maximum Gasteiger partial charge on any atom is 0.159 e. The van der Waals surface area contributed by atoms with E-state index in [9.17, 15) is 0 Å². The largest absolute Gasteiger partial charge is 0.384 e. The quantitative estimate of drug-likeness (QED) is 0.822. The Morgan fingerprint density at radius 2 is 2.19 bits per heavy atom. The minimum Gasteiger partial charge on any atom is -0.384 e. The third-order valence-electron chi connectivity index (χ3n) is 2.64. The van der Waals surface area contributed by atoms with Crippen LogP contribution in [-0.2, 0) is 0 Å². The van der Waals surface area contributed by atoms with Crippen molar-refractivity contribution in [1.29, 1.82) is 0 Å². The third-order valence-corrected chi connectivity index (χ3v) is 2.64. The van der Waals surface area contributed by atoms with Gasteiger partial charge in [0.1, 0.15) is 11.6 Å². The average Bonchev–Trinajstić information content (AvgIpc) is 3.01. The molecule has 2 heterocycles. The van der Waals surface area contributed by atoms with Crippen molar-refractivity contribution in [2.45, 2.75) is 25.7 Å². The van der Waals surface area contributed by atoms with Crippen LogP contribution >= 0.6 is 0 Å². The van der Waals surface area contributed by atoms with Crippen LogP contribution in [0, 0.1) is 6.92 Å². The van der Waals surface area contributed by atoms with Crippen molar-refractivity contribution in [2.75, 3.05) is 5.73 Å². The SMILES string of the molecule is Cc1cnn(-c2cc(N)nc(C3CC3)n2)c1. The van der Waals surface area contributed by atoms with Crippen LogP contribution in [0.15, 0.2) is 18.5 Å². The first-order valence-electron chi connectivity index (χ1n) is 5.38. The van der Waals surface area contributed by atoms with E-state index in [2.05, 4.69) is 15.1 Å². The molecule has 1 saturated carbocycles. The van der Waals surface area contributed by atoms with Crippen LogP contribution in [-0.4, -0.2) is 19.7 Å². The van der Waals surface area contributed by atoms with Crippen molar-refractivity contribution < 1.29 is 0 Å². The summed E-state index contributed by atoms with van der Waals surface area (Å²) in [4.78, 5) is 8.74. The van der Waals surface area contributed by atoms with E-state index in [0.717, 1.165) is 17.2 Å². The van der Waals surface area contributed by atoms with E-state index in [0.29, 0.717) is 11.7 Å². The monoisotopic (exact) mass is 215 g/mol. The Labute approximate surface area is 93.3 Å². The molecule has 0 atom stereocenters. The van der Waals surface area contributed by atoms with Crippen molar-refractivity contribution in [3.05, 3.63) is 29.8 Å². The summed E-state index contributed by atoms with van der Waals surface area (Å²) in [6.07, 6.45) is 6.07. The van der Waals surface area contributed by atoms with E-state index in [1.165, 1.54) is 12.8 Å². The molecule has 0 amide bonds. The number of rotatable bonds is 2. The molecule has 3 rings (SSSR count). The summed E-state index contributed by atoms with van der Waals surface area (Å²) >= 11 is 0. The molecule has 5 nitrogen and oxygen atoms in total. The van der Waals surface area contributed by atoms with Crippen LogP contribution in [0.3, 0.4) is 0 Å². The minimum atomic E-state index is 0.499. The smallest absolute Gasteiger partial charge is 0.159 e. The van der Waals surface area contributed by atoms with Gasteiger partial charge in [0.2, 0.25) is 0 Å². The Hall–Kier alpha value is -1.91. The molecule has 2 aromatic heterocycles. The van der Waals surface area contributed by atoms with Crippen LogP contribution in [0.5, 0.6) is 0 Å². The average molecular weight is 215 g/mol. The third kappa shape index (κ3) is 1.64. The lowest BCUT2D eigenvalue weighted by Crippen LogP contribution is -2.05. The molecular weight excluding hydrogens is 202 g/mol. The molecule has 16 heavy (non-hydrogen) atoms. The first-order chi connectivity index (χ1) is 7.72. The Kier molecular flexibility index (Phi) is 1.92. The number of nitrogen functional groups attached to an aromatic ring is 1. The molecule has 82 valence electrons. The maximum absolute atomic E-state index is 5.78. The molecule has 0 unspecified atom stereocenters. The molecular formula is C11H13N5. The van der Waals surface area contributed by atoms with Gasteiger partial charge < -0.3 is 5.73 Å². The molecule has 0 bridgehead atoms. The number of anilines is 1. The molecule has 1 aliphatic rings. The van der Waals surface area contributed by atoms with E-state index in [1.807, 2.05) is 13.1 Å². The fraction of sp³-hybridized carbons (Fsp3) is 0.364. The zero-order valence-corrected chi connectivity index (χ0v) is 9.09. The highest BCUT2D eigenvalue weighted by Crippen LogP contribution is 2.38. The summed E-state index contributed by atoms with van der Waals surface area (Å²) in [5.41, 5.74) is 6.88. The lowest BCUT2D eigenvalue weighted by Gasteiger charge is -2.04. The van der Waals surface area contributed by atoms with Gasteiger partial charge in [0, 0.05) is 18.2 Å². The van der Waals surface area contributed by atoms with E-state index in [-0.39, 0.29) is 0 Å². The fourth-order valence-electron chi connectivity index (χ4n) is 1.65. The number of aryl methyl sites for hydroxylation is 1. The highest BCUT2D eigenvalue weighted by atomic mass is 15.3. The number of nitrogens with two attached hydrogens (primary N) is 1. The summed E-state index contributed by atoms with van der Waals surface area (Å²) < 4.78 is 1.74. The molecule has 0 aromatic carbocycles. The lowest BCUT2D eigenvalue weighted by molar-refractivity contribution is 0.812. The number of hydrogen-bond acceptors (Lipinski definition) is 4. The molecule has 1 fully saturated rings. The second kappa shape index (κ2) is 3.30. The Balaban J connectivity index is 2.06. The van der Waals surface area contributed by atoms with Crippen LogP contribution in [0.2, 0.25) is 0 Å². The molecule has 0 saturated heterocycles. The van der Waals surface area contributed by atoms with E-state index < -0.39 is 0 Å². The molecule has 5 heteroatoms. The Bertz CT molecular complexity index is 527. The Morgan fingerprint density at radius 1 is 1.38 bits per heavy atom. The van der Waals surface area contributed by atoms with E-state index >= 15 is 0 Å². The van der Waals surface area contributed by atoms with Crippen molar-refractivity contribution in [1.82, 2.24) is 19.7 Å². The van der Waals surface area contributed by atoms with Gasteiger partial charge in [0.05, 0.1) is 6.20 Å². The minimum absolute atomic E-state index is 0.499. The van der Waals surface area contributed by atoms with Crippen molar-refractivity contribution >= 4 is 5.82 Å². The van der Waals surface area contributed by atoms with Crippen molar-refractivity contribution in [3.8, 4) is 5.82 Å². The lowest BCUT2D eigenvalue weighted by atomic mass is 10.4. The first-order valence-corrected chi connectivity index (χ1v) is 5.38. The summed E-state index contributed by atoms with van der Waals surface area (Å²) in [5.74, 6) is 2.62. The van der Waals surface area contributed by atoms with Gasteiger partial charge in [-0.25, -0.2) is 14.6 Å². The van der Waals surface area contributed by atoms with Crippen LogP contribution < -0.4 is 5.73 Å². The van der Waals surface area contributed by atoms with Gasteiger partial charge in [-0.3, -0.25) is 0 Å². The molecule has 2 aromatic rings.